The Balaban J connectivity index is 2.13. The van der Waals surface area contributed by atoms with Crippen LogP contribution in [0.4, 0.5) is 4.39 Å². The van der Waals surface area contributed by atoms with E-state index in [2.05, 4.69) is 0 Å². The van der Waals surface area contributed by atoms with Crippen molar-refractivity contribution in [2.45, 2.75) is 12.7 Å². The van der Waals surface area contributed by atoms with E-state index in [0.29, 0.717) is 0 Å². The number of ether oxygens (including phenoxy) is 1. The number of halogens is 1. The molecule has 0 aromatic heterocycles. The number of benzene rings is 2. The molecule has 0 fully saturated rings. The quantitative estimate of drug-likeness (QED) is 0.869. The van der Waals surface area contributed by atoms with Gasteiger partial charge >= 0.3 is 0 Å². The molecule has 2 aromatic carbocycles. The summed E-state index contributed by atoms with van der Waals surface area (Å²) >= 11 is 0. The van der Waals surface area contributed by atoms with Gasteiger partial charge in [-0.25, -0.2) is 4.39 Å². The van der Waals surface area contributed by atoms with Gasteiger partial charge in [0.15, 0.2) is 11.6 Å². The van der Waals surface area contributed by atoms with E-state index in [1.165, 1.54) is 12.1 Å². The molecule has 0 spiro atoms. The first-order chi connectivity index (χ1) is 9.22. The molecule has 3 nitrogen and oxygen atoms in total. The predicted molar refractivity (Wildman–Crippen MR) is 71.2 cm³/mol. The molecule has 100 valence electrons. The second-order valence-corrected chi connectivity index (χ2v) is 4.19. The van der Waals surface area contributed by atoms with Gasteiger partial charge in [0, 0.05) is 12.1 Å². The largest absolute Gasteiger partial charge is 0.486 e. The molecule has 0 bridgehead atoms. The third kappa shape index (κ3) is 3.30. The first-order valence-electron chi connectivity index (χ1n) is 6.05. The van der Waals surface area contributed by atoms with Gasteiger partial charge in [0.2, 0.25) is 0 Å². The van der Waals surface area contributed by atoms with Gasteiger partial charge in [-0.2, -0.15) is 0 Å². The summed E-state index contributed by atoms with van der Waals surface area (Å²) in [5, 5.41) is 9.60. The monoisotopic (exact) mass is 261 g/mol. The number of rotatable bonds is 5. The van der Waals surface area contributed by atoms with Crippen LogP contribution in [0, 0.1) is 5.82 Å². The van der Waals surface area contributed by atoms with Crippen molar-refractivity contribution in [1.29, 1.82) is 0 Å². The van der Waals surface area contributed by atoms with Gasteiger partial charge in [0.25, 0.3) is 0 Å². The highest BCUT2D eigenvalue weighted by Crippen LogP contribution is 2.25. The van der Waals surface area contributed by atoms with Crippen molar-refractivity contribution in [2.24, 2.45) is 5.73 Å². The molecule has 0 radical (unpaired) electrons. The lowest BCUT2D eigenvalue weighted by Gasteiger charge is -2.13. The molecular weight excluding hydrogens is 245 g/mol. The number of nitrogens with two attached hydrogens (primary N) is 1. The van der Waals surface area contributed by atoms with Crippen molar-refractivity contribution in [1.82, 2.24) is 0 Å². The Bertz CT molecular complexity index is 531. The maximum atomic E-state index is 14.1. The minimum Gasteiger partial charge on any atom is -0.486 e. The highest BCUT2D eigenvalue weighted by atomic mass is 19.1. The van der Waals surface area contributed by atoms with E-state index in [1.807, 2.05) is 30.3 Å². The SMILES string of the molecule is NCC(O)c1cccc(OCc2ccccc2)c1F. The highest BCUT2D eigenvalue weighted by molar-refractivity contribution is 5.33. The van der Waals surface area contributed by atoms with Crippen molar-refractivity contribution in [3.8, 4) is 5.75 Å². The third-order valence-corrected chi connectivity index (χ3v) is 2.81. The first-order valence-corrected chi connectivity index (χ1v) is 6.05. The Morgan fingerprint density at radius 2 is 1.84 bits per heavy atom. The van der Waals surface area contributed by atoms with E-state index >= 15 is 0 Å². The molecule has 1 atom stereocenters. The summed E-state index contributed by atoms with van der Waals surface area (Å²) in [6.45, 7) is 0.249. The molecule has 0 saturated carbocycles. The molecule has 0 aliphatic carbocycles. The number of aliphatic hydroxyl groups is 1. The highest BCUT2D eigenvalue weighted by Gasteiger charge is 2.15. The van der Waals surface area contributed by atoms with Crippen LogP contribution in [0.1, 0.15) is 17.2 Å². The summed E-state index contributed by atoms with van der Waals surface area (Å²) in [6, 6.07) is 14.2. The zero-order valence-corrected chi connectivity index (χ0v) is 10.4. The molecular formula is C15H16FNO2. The van der Waals surface area contributed by atoms with Gasteiger partial charge in [0.05, 0.1) is 6.10 Å². The fourth-order valence-corrected chi connectivity index (χ4v) is 1.76. The minimum absolute atomic E-state index is 0.0287. The Kier molecular flexibility index (Phi) is 4.49. The zero-order chi connectivity index (χ0) is 13.7. The summed E-state index contributed by atoms with van der Waals surface area (Å²) in [5.41, 5.74) is 6.44. The van der Waals surface area contributed by atoms with Crippen molar-refractivity contribution < 1.29 is 14.2 Å². The van der Waals surface area contributed by atoms with Crippen molar-refractivity contribution >= 4 is 0 Å². The number of hydrogen-bond acceptors (Lipinski definition) is 3. The lowest BCUT2D eigenvalue weighted by atomic mass is 10.1. The van der Waals surface area contributed by atoms with Crippen LogP contribution in [0.3, 0.4) is 0 Å². The summed E-state index contributed by atoms with van der Waals surface area (Å²) in [4.78, 5) is 0. The zero-order valence-electron chi connectivity index (χ0n) is 10.4. The van der Waals surface area contributed by atoms with Gasteiger partial charge < -0.3 is 15.6 Å². The topological polar surface area (TPSA) is 55.5 Å². The molecule has 0 heterocycles. The molecule has 2 rings (SSSR count). The fourth-order valence-electron chi connectivity index (χ4n) is 1.76. The lowest BCUT2D eigenvalue weighted by Crippen LogP contribution is -2.13. The first kappa shape index (κ1) is 13.5. The number of aliphatic hydroxyl groups excluding tert-OH is 1. The summed E-state index contributed by atoms with van der Waals surface area (Å²) in [5.74, 6) is -0.440. The molecule has 0 aliphatic rings. The van der Waals surface area contributed by atoms with E-state index in [0.717, 1.165) is 5.56 Å². The van der Waals surface area contributed by atoms with Crippen LogP contribution in [0.15, 0.2) is 48.5 Å². The van der Waals surface area contributed by atoms with Crippen LogP contribution in [0.2, 0.25) is 0 Å². The average Bonchev–Trinajstić information content (AvgIpc) is 2.46. The average molecular weight is 261 g/mol. The van der Waals surface area contributed by atoms with E-state index < -0.39 is 11.9 Å². The molecule has 0 saturated heterocycles. The van der Waals surface area contributed by atoms with Crippen LogP contribution < -0.4 is 10.5 Å². The van der Waals surface area contributed by atoms with Crippen molar-refractivity contribution in [2.75, 3.05) is 6.54 Å². The van der Waals surface area contributed by atoms with Gasteiger partial charge in [-0.15, -0.1) is 0 Å². The Morgan fingerprint density at radius 3 is 2.53 bits per heavy atom. The van der Waals surface area contributed by atoms with E-state index in [4.69, 9.17) is 10.5 Å². The molecule has 2 aromatic rings. The molecule has 4 heteroatoms. The predicted octanol–water partition coefficient (Wildman–Crippen LogP) is 2.40. The summed E-state index contributed by atoms with van der Waals surface area (Å²) in [6.07, 6.45) is -1.01. The standard InChI is InChI=1S/C15H16FNO2/c16-15-12(13(18)9-17)7-4-8-14(15)19-10-11-5-2-1-3-6-11/h1-8,13,18H,9-10,17H2. The maximum absolute atomic E-state index is 14.1. The smallest absolute Gasteiger partial charge is 0.170 e. The van der Waals surface area contributed by atoms with Crippen LogP contribution in [-0.4, -0.2) is 11.7 Å². The molecule has 0 aliphatic heterocycles. The Morgan fingerprint density at radius 1 is 1.11 bits per heavy atom. The Labute approximate surface area is 111 Å². The minimum atomic E-state index is -1.01. The van der Waals surface area contributed by atoms with Crippen molar-refractivity contribution in [3.63, 3.8) is 0 Å². The third-order valence-electron chi connectivity index (χ3n) is 2.81. The fraction of sp³-hybridized carbons (Fsp3) is 0.200. The van der Waals surface area contributed by atoms with Gasteiger partial charge in [0.1, 0.15) is 6.61 Å². The second-order valence-electron chi connectivity index (χ2n) is 4.19. The van der Waals surface area contributed by atoms with E-state index in [9.17, 15) is 9.50 Å². The van der Waals surface area contributed by atoms with Gasteiger partial charge in [-0.1, -0.05) is 42.5 Å². The molecule has 19 heavy (non-hydrogen) atoms. The normalized spacial score (nSPS) is 12.2. The van der Waals surface area contributed by atoms with Crippen LogP contribution >= 0.6 is 0 Å². The Hall–Kier alpha value is -1.91. The van der Waals surface area contributed by atoms with E-state index in [-0.39, 0.29) is 24.5 Å². The second kappa shape index (κ2) is 6.31. The van der Waals surface area contributed by atoms with Gasteiger partial charge in [-0.05, 0) is 11.6 Å². The van der Waals surface area contributed by atoms with Gasteiger partial charge in [-0.3, -0.25) is 0 Å². The number of hydrogen-bond donors (Lipinski definition) is 2. The molecule has 3 N–H and O–H groups in total. The molecule has 0 amide bonds. The summed E-state index contributed by atoms with van der Waals surface area (Å²) in [7, 11) is 0. The van der Waals surface area contributed by atoms with E-state index in [1.54, 1.807) is 6.07 Å². The van der Waals surface area contributed by atoms with Crippen LogP contribution in [-0.2, 0) is 6.61 Å². The van der Waals surface area contributed by atoms with Crippen LogP contribution in [0.25, 0.3) is 0 Å². The molecule has 1 unspecified atom stereocenters. The lowest BCUT2D eigenvalue weighted by molar-refractivity contribution is 0.179. The van der Waals surface area contributed by atoms with Crippen molar-refractivity contribution in [3.05, 3.63) is 65.5 Å². The summed E-state index contributed by atoms with van der Waals surface area (Å²) < 4.78 is 19.5. The van der Waals surface area contributed by atoms with Crippen LogP contribution in [0.5, 0.6) is 5.75 Å². The maximum Gasteiger partial charge on any atom is 0.170 e.